The molecule has 33 heavy (non-hydrogen) atoms. The number of nitriles is 1. The molecule has 0 unspecified atom stereocenters. The predicted octanol–water partition coefficient (Wildman–Crippen LogP) is 3.35. The average Bonchev–Trinajstić information content (AvgIpc) is 3.03. The summed E-state index contributed by atoms with van der Waals surface area (Å²) in [6, 6.07) is 2.05. The molecular formula is C23H28N4O4S2. The number of rotatable bonds is 7. The van der Waals surface area contributed by atoms with Gasteiger partial charge in [-0.2, -0.15) is 5.26 Å². The third kappa shape index (κ3) is 5.14. The number of thioether (sulfide) groups is 1. The Morgan fingerprint density at radius 3 is 2.58 bits per heavy atom. The Kier molecular flexibility index (Phi) is 7.97. The SMILES string of the molecule is CCCCn1c(N2CCC(C)CC2)c(/C=C2\SC(=S)N(CC(=O)O)C2=O)c(C)c(C#N)c1=O. The van der Waals surface area contributed by atoms with Crippen LogP contribution in [0.3, 0.4) is 0 Å². The normalized spacial score (nSPS) is 18.3. The summed E-state index contributed by atoms with van der Waals surface area (Å²) >= 11 is 6.27. The minimum Gasteiger partial charge on any atom is -0.480 e. The van der Waals surface area contributed by atoms with Gasteiger partial charge >= 0.3 is 5.97 Å². The molecule has 176 valence electrons. The highest BCUT2D eigenvalue weighted by atomic mass is 32.2. The van der Waals surface area contributed by atoms with Gasteiger partial charge in [0.1, 0.15) is 28.3 Å². The molecule has 10 heteroatoms. The van der Waals surface area contributed by atoms with Crippen molar-refractivity contribution in [3.8, 4) is 6.07 Å². The number of carbonyl (C=O) groups is 2. The fourth-order valence-corrected chi connectivity index (χ4v) is 5.37. The fourth-order valence-electron chi connectivity index (χ4n) is 4.13. The second kappa shape index (κ2) is 10.5. The van der Waals surface area contributed by atoms with Crippen LogP contribution in [0.2, 0.25) is 0 Å². The monoisotopic (exact) mass is 488 g/mol. The molecule has 2 fully saturated rings. The molecule has 0 spiro atoms. The third-order valence-corrected chi connectivity index (χ3v) is 7.49. The highest BCUT2D eigenvalue weighted by Gasteiger charge is 2.34. The summed E-state index contributed by atoms with van der Waals surface area (Å²) in [5.41, 5.74) is 0.917. The zero-order valence-corrected chi connectivity index (χ0v) is 20.7. The number of carbonyl (C=O) groups excluding carboxylic acids is 1. The smallest absolute Gasteiger partial charge is 0.323 e. The Balaban J connectivity index is 2.21. The zero-order chi connectivity index (χ0) is 24.3. The summed E-state index contributed by atoms with van der Waals surface area (Å²) in [4.78, 5) is 40.9. The first-order valence-corrected chi connectivity index (χ1v) is 12.3. The molecule has 0 saturated carbocycles. The van der Waals surface area contributed by atoms with E-state index in [9.17, 15) is 19.6 Å². The van der Waals surface area contributed by atoms with Crippen LogP contribution in [-0.4, -0.2) is 50.4 Å². The number of hydrogen-bond donors (Lipinski definition) is 1. The summed E-state index contributed by atoms with van der Waals surface area (Å²) in [7, 11) is 0. The predicted molar refractivity (Wildman–Crippen MR) is 133 cm³/mol. The number of aliphatic carboxylic acids is 1. The lowest BCUT2D eigenvalue weighted by molar-refractivity contribution is -0.140. The summed E-state index contributed by atoms with van der Waals surface area (Å²) < 4.78 is 1.86. The van der Waals surface area contributed by atoms with Crippen LogP contribution < -0.4 is 10.5 Å². The van der Waals surface area contributed by atoms with Gasteiger partial charge in [-0.1, -0.05) is 44.2 Å². The van der Waals surface area contributed by atoms with Crippen molar-refractivity contribution in [2.45, 2.75) is 53.0 Å². The van der Waals surface area contributed by atoms with Gasteiger partial charge in [0.2, 0.25) is 0 Å². The van der Waals surface area contributed by atoms with Gasteiger partial charge in [-0.3, -0.25) is 23.9 Å². The van der Waals surface area contributed by atoms with Crippen molar-refractivity contribution in [1.82, 2.24) is 9.47 Å². The second-order valence-electron chi connectivity index (χ2n) is 8.49. The molecule has 1 aromatic rings. The number of amides is 1. The molecule has 0 aromatic carbocycles. The van der Waals surface area contributed by atoms with E-state index in [1.165, 1.54) is 0 Å². The number of hydrogen-bond acceptors (Lipinski definition) is 7. The maximum atomic E-state index is 13.3. The Labute approximate surface area is 202 Å². The first kappa shape index (κ1) is 25.0. The van der Waals surface area contributed by atoms with E-state index in [4.69, 9.17) is 17.3 Å². The van der Waals surface area contributed by atoms with E-state index in [0.29, 0.717) is 28.5 Å². The molecule has 3 rings (SSSR count). The topological polar surface area (TPSA) is 107 Å². The molecular weight excluding hydrogens is 460 g/mol. The molecule has 0 bridgehead atoms. The number of aromatic nitrogens is 1. The third-order valence-electron chi connectivity index (χ3n) is 6.11. The molecule has 2 aliphatic heterocycles. The second-order valence-corrected chi connectivity index (χ2v) is 10.2. The number of carboxylic acids is 1. The summed E-state index contributed by atoms with van der Waals surface area (Å²) in [5.74, 6) is -0.311. The highest BCUT2D eigenvalue weighted by molar-refractivity contribution is 8.26. The molecule has 2 saturated heterocycles. The number of piperidine rings is 1. The molecule has 3 heterocycles. The zero-order valence-electron chi connectivity index (χ0n) is 19.1. The largest absolute Gasteiger partial charge is 0.480 e. The van der Waals surface area contributed by atoms with Crippen LogP contribution in [0.1, 0.15) is 56.2 Å². The van der Waals surface area contributed by atoms with Crippen molar-refractivity contribution in [2.75, 3.05) is 24.5 Å². The Morgan fingerprint density at radius 2 is 2.00 bits per heavy atom. The van der Waals surface area contributed by atoms with Crippen LogP contribution in [0.5, 0.6) is 0 Å². The molecule has 1 amide bonds. The van der Waals surface area contributed by atoms with Crippen LogP contribution in [0.15, 0.2) is 9.70 Å². The van der Waals surface area contributed by atoms with Crippen molar-refractivity contribution >= 4 is 52.1 Å². The highest BCUT2D eigenvalue weighted by Crippen LogP contribution is 2.36. The first-order chi connectivity index (χ1) is 15.7. The number of pyridine rings is 1. The van der Waals surface area contributed by atoms with E-state index in [1.807, 2.05) is 6.92 Å². The van der Waals surface area contributed by atoms with Gasteiger partial charge in [0.05, 0.1) is 4.91 Å². The number of anilines is 1. The van der Waals surface area contributed by atoms with E-state index in [1.54, 1.807) is 17.6 Å². The van der Waals surface area contributed by atoms with Crippen molar-refractivity contribution in [3.05, 3.63) is 31.9 Å². The van der Waals surface area contributed by atoms with Gasteiger partial charge in [0.15, 0.2) is 0 Å². The van der Waals surface area contributed by atoms with Gasteiger partial charge in [0.25, 0.3) is 11.5 Å². The number of nitrogens with zero attached hydrogens (tertiary/aromatic N) is 4. The maximum absolute atomic E-state index is 13.3. The van der Waals surface area contributed by atoms with Gasteiger partial charge < -0.3 is 10.0 Å². The number of thiocarbonyl (C=S) groups is 1. The van der Waals surface area contributed by atoms with Crippen molar-refractivity contribution < 1.29 is 14.7 Å². The van der Waals surface area contributed by atoms with Crippen molar-refractivity contribution in [1.29, 1.82) is 5.26 Å². The van der Waals surface area contributed by atoms with E-state index < -0.39 is 18.4 Å². The van der Waals surface area contributed by atoms with Gasteiger partial charge in [-0.25, -0.2) is 0 Å². The van der Waals surface area contributed by atoms with E-state index >= 15 is 0 Å². The van der Waals surface area contributed by atoms with E-state index in [-0.39, 0.29) is 15.4 Å². The Morgan fingerprint density at radius 1 is 1.33 bits per heavy atom. The molecule has 0 aliphatic carbocycles. The Hall–Kier alpha value is -2.64. The maximum Gasteiger partial charge on any atom is 0.323 e. The summed E-state index contributed by atoms with van der Waals surface area (Å²) in [6.07, 6.45) is 5.32. The molecule has 1 aromatic heterocycles. The van der Waals surface area contributed by atoms with Crippen LogP contribution >= 0.6 is 24.0 Å². The minimum atomic E-state index is -1.15. The molecule has 8 nitrogen and oxygen atoms in total. The average molecular weight is 489 g/mol. The van der Waals surface area contributed by atoms with Gasteiger partial charge in [-0.05, 0) is 43.7 Å². The van der Waals surface area contributed by atoms with Crippen LogP contribution in [0.4, 0.5) is 5.82 Å². The summed E-state index contributed by atoms with van der Waals surface area (Å²) in [5, 5.41) is 18.9. The molecule has 1 N–H and O–H groups in total. The lowest BCUT2D eigenvalue weighted by atomic mass is 9.97. The lowest BCUT2D eigenvalue weighted by Crippen LogP contribution is -2.39. The van der Waals surface area contributed by atoms with Crippen LogP contribution in [0, 0.1) is 24.2 Å². The molecule has 2 aliphatic rings. The minimum absolute atomic E-state index is 0.0625. The fraction of sp³-hybridized carbons (Fsp3) is 0.522. The van der Waals surface area contributed by atoms with Crippen molar-refractivity contribution in [3.63, 3.8) is 0 Å². The van der Waals surface area contributed by atoms with Gasteiger partial charge in [0, 0.05) is 25.2 Å². The Bertz CT molecular complexity index is 1110. The quantitative estimate of drug-likeness (QED) is 0.460. The van der Waals surface area contributed by atoms with Crippen molar-refractivity contribution in [2.24, 2.45) is 5.92 Å². The molecule has 0 atom stereocenters. The standard InChI is InChI=1S/C23H28N4O4S2/c1-4-5-8-26-20(25-9-6-14(2)7-10-25)16(15(3)17(12-24)21(26)30)11-18-22(31)27(13-19(28)29)23(32)33-18/h11,14H,4-10,13H2,1-3H3,(H,28,29)/b18-11-. The van der Waals surface area contributed by atoms with Gasteiger partial charge in [-0.15, -0.1) is 0 Å². The first-order valence-electron chi connectivity index (χ1n) is 11.1. The summed E-state index contributed by atoms with van der Waals surface area (Å²) in [6.45, 7) is 7.51. The number of carboxylic acid groups (broad SMARTS) is 1. The van der Waals surface area contributed by atoms with Crippen LogP contribution in [-0.2, 0) is 16.1 Å². The van der Waals surface area contributed by atoms with E-state index in [0.717, 1.165) is 61.3 Å². The molecule has 0 radical (unpaired) electrons. The van der Waals surface area contributed by atoms with Crippen LogP contribution in [0.25, 0.3) is 6.08 Å². The number of unbranched alkanes of at least 4 members (excludes halogenated alkanes) is 1. The lowest BCUT2D eigenvalue weighted by Gasteiger charge is -2.35. The van der Waals surface area contributed by atoms with E-state index in [2.05, 4.69) is 17.9 Å².